The van der Waals surface area contributed by atoms with Gasteiger partial charge in [0.1, 0.15) is 16.5 Å². The van der Waals surface area contributed by atoms with E-state index in [9.17, 15) is 9.18 Å². The maximum Gasteiger partial charge on any atom is 0.289 e. The lowest BCUT2D eigenvalue weighted by Crippen LogP contribution is -2.43. The lowest BCUT2D eigenvalue weighted by atomic mass is 10.3. The van der Waals surface area contributed by atoms with Crippen molar-refractivity contribution >= 4 is 51.6 Å². The van der Waals surface area contributed by atoms with E-state index in [0.717, 1.165) is 10.6 Å². The van der Waals surface area contributed by atoms with Crippen LogP contribution >= 0.6 is 34.9 Å². The molecular formula is C15H11FN4OS3. The van der Waals surface area contributed by atoms with Crippen LogP contribution in [0.5, 0.6) is 0 Å². The van der Waals surface area contributed by atoms with Crippen molar-refractivity contribution in [3.05, 3.63) is 58.0 Å². The number of amides is 1. The van der Waals surface area contributed by atoms with Crippen molar-refractivity contribution in [2.24, 2.45) is 0 Å². The molecule has 5 nitrogen and oxygen atoms in total. The van der Waals surface area contributed by atoms with Gasteiger partial charge in [-0.05, 0) is 47.9 Å². The van der Waals surface area contributed by atoms with Gasteiger partial charge in [-0.1, -0.05) is 0 Å². The predicted molar refractivity (Wildman–Crippen MR) is 98.6 cm³/mol. The zero-order valence-corrected chi connectivity index (χ0v) is 14.5. The number of benzene rings is 1. The van der Waals surface area contributed by atoms with E-state index in [2.05, 4.69) is 21.2 Å². The fraction of sp³-hybridized carbons (Fsp3) is 0. The molecule has 2 aromatic heterocycles. The molecule has 122 valence electrons. The Kier molecular flexibility index (Phi) is 5.14. The first-order valence-electron chi connectivity index (χ1n) is 6.73. The van der Waals surface area contributed by atoms with Gasteiger partial charge < -0.3 is 5.32 Å². The van der Waals surface area contributed by atoms with E-state index in [1.807, 2.05) is 16.8 Å². The first-order valence-corrected chi connectivity index (χ1v) is 8.96. The van der Waals surface area contributed by atoms with E-state index in [0.29, 0.717) is 11.4 Å². The summed E-state index contributed by atoms with van der Waals surface area (Å²) < 4.78 is 12.8. The Morgan fingerprint density at radius 3 is 2.62 bits per heavy atom. The second-order valence-electron chi connectivity index (χ2n) is 4.59. The van der Waals surface area contributed by atoms with Crippen LogP contribution in [0, 0.1) is 5.82 Å². The molecule has 0 aliphatic heterocycles. The standard InChI is InChI=1S/C15H11FN4OS3/c16-10-1-3-11(4-2-10)17-15(22)20-19-13(21)12-8-24-14(18-12)9-5-6-23-7-9/h1-8H,(H,19,21)(H2,17,20,22). The smallest absolute Gasteiger partial charge is 0.289 e. The molecular weight excluding hydrogens is 367 g/mol. The summed E-state index contributed by atoms with van der Waals surface area (Å²) in [7, 11) is 0. The quantitative estimate of drug-likeness (QED) is 0.480. The molecule has 0 bridgehead atoms. The van der Waals surface area contributed by atoms with Crippen molar-refractivity contribution in [1.82, 2.24) is 15.8 Å². The number of rotatable bonds is 3. The van der Waals surface area contributed by atoms with Crippen molar-refractivity contribution in [3.63, 3.8) is 0 Å². The summed E-state index contributed by atoms with van der Waals surface area (Å²) in [5.41, 5.74) is 6.95. The van der Waals surface area contributed by atoms with Crippen LogP contribution in [-0.4, -0.2) is 16.0 Å². The minimum Gasteiger partial charge on any atom is -0.331 e. The Morgan fingerprint density at radius 2 is 1.92 bits per heavy atom. The molecule has 1 aromatic carbocycles. The predicted octanol–water partition coefficient (Wildman–Crippen LogP) is 3.64. The van der Waals surface area contributed by atoms with Crippen LogP contribution in [0.2, 0.25) is 0 Å². The molecule has 0 aliphatic carbocycles. The summed E-state index contributed by atoms with van der Waals surface area (Å²) in [6.45, 7) is 0. The molecule has 2 heterocycles. The van der Waals surface area contributed by atoms with Gasteiger partial charge in [0.05, 0.1) is 0 Å². The number of hydrogen-bond donors (Lipinski definition) is 3. The van der Waals surface area contributed by atoms with Crippen LogP contribution < -0.4 is 16.2 Å². The Bertz CT molecular complexity index is 846. The number of nitrogens with zero attached hydrogens (tertiary/aromatic N) is 1. The van der Waals surface area contributed by atoms with Gasteiger partial charge in [-0.25, -0.2) is 9.37 Å². The molecule has 3 N–H and O–H groups in total. The van der Waals surface area contributed by atoms with Crippen molar-refractivity contribution in [2.75, 3.05) is 5.32 Å². The van der Waals surface area contributed by atoms with Crippen molar-refractivity contribution in [3.8, 4) is 10.6 Å². The number of carbonyl (C=O) groups excluding carboxylic acids is 1. The minimum absolute atomic E-state index is 0.184. The van der Waals surface area contributed by atoms with E-state index in [-0.39, 0.29) is 10.9 Å². The van der Waals surface area contributed by atoms with Gasteiger partial charge >= 0.3 is 0 Å². The molecule has 0 radical (unpaired) electrons. The van der Waals surface area contributed by atoms with E-state index < -0.39 is 5.91 Å². The minimum atomic E-state index is -0.393. The van der Waals surface area contributed by atoms with Crippen molar-refractivity contribution < 1.29 is 9.18 Å². The Hall–Kier alpha value is -2.36. The van der Waals surface area contributed by atoms with E-state index in [1.54, 1.807) is 28.8 Å². The molecule has 0 unspecified atom stereocenters. The van der Waals surface area contributed by atoms with Crippen LogP contribution in [0.3, 0.4) is 0 Å². The SMILES string of the molecule is O=C(NNC(=S)Nc1ccc(F)cc1)c1csc(-c2ccsc2)n1. The molecule has 0 saturated carbocycles. The summed E-state index contributed by atoms with van der Waals surface area (Å²) in [4.78, 5) is 16.4. The summed E-state index contributed by atoms with van der Waals surface area (Å²) >= 11 is 8.03. The number of thiocarbonyl (C=S) groups is 1. The molecule has 24 heavy (non-hydrogen) atoms. The number of hydrogen-bond acceptors (Lipinski definition) is 5. The number of anilines is 1. The van der Waals surface area contributed by atoms with Gasteiger partial charge in [-0.15, -0.1) is 11.3 Å². The third kappa shape index (κ3) is 4.13. The highest BCUT2D eigenvalue weighted by Crippen LogP contribution is 2.25. The number of thiazole rings is 1. The maximum atomic E-state index is 12.8. The van der Waals surface area contributed by atoms with Crippen LogP contribution in [0.15, 0.2) is 46.5 Å². The molecule has 0 fully saturated rings. The van der Waals surface area contributed by atoms with Gasteiger partial charge in [0.25, 0.3) is 5.91 Å². The van der Waals surface area contributed by atoms with E-state index in [1.165, 1.54) is 23.5 Å². The Morgan fingerprint density at radius 1 is 1.12 bits per heavy atom. The van der Waals surface area contributed by atoms with E-state index >= 15 is 0 Å². The van der Waals surface area contributed by atoms with Gasteiger partial charge in [-0.2, -0.15) is 11.3 Å². The van der Waals surface area contributed by atoms with Gasteiger partial charge in [-0.3, -0.25) is 15.6 Å². The normalized spacial score (nSPS) is 10.2. The number of aromatic nitrogens is 1. The zero-order valence-electron chi connectivity index (χ0n) is 12.1. The van der Waals surface area contributed by atoms with Crippen LogP contribution in [-0.2, 0) is 0 Å². The van der Waals surface area contributed by atoms with Gasteiger partial charge in [0, 0.05) is 22.0 Å². The largest absolute Gasteiger partial charge is 0.331 e. The highest BCUT2D eigenvalue weighted by molar-refractivity contribution is 7.80. The molecule has 0 spiro atoms. The first kappa shape index (κ1) is 16.5. The second-order valence-corrected chi connectivity index (χ2v) is 6.64. The average Bonchev–Trinajstić information content (AvgIpc) is 3.25. The Labute approximate surface area is 150 Å². The Balaban J connectivity index is 1.53. The molecule has 1 amide bonds. The number of thiophene rings is 1. The fourth-order valence-corrected chi connectivity index (χ4v) is 3.45. The van der Waals surface area contributed by atoms with Gasteiger partial charge in [0.15, 0.2) is 5.11 Å². The molecule has 9 heteroatoms. The van der Waals surface area contributed by atoms with Crippen molar-refractivity contribution in [2.45, 2.75) is 0 Å². The molecule has 3 rings (SSSR count). The lowest BCUT2D eigenvalue weighted by Gasteiger charge is -2.10. The average molecular weight is 378 g/mol. The van der Waals surface area contributed by atoms with Gasteiger partial charge in [0.2, 0.25) is 0 Å². The second kappa shape index (κ2) is 7.47. The topological polar surface area (TPSA) is 66.1 Å². The van der Waals surface area contributed by atoms with Crippen molar-refractivity contribution in [1.29, 1.82) is 0 Å². The first-order chi connectivity index (χ1) is 11.6. The zero-order chi connectivity index (χ0) is 16.9. The highest BCUT2D eigenvalue weighted by atomic mass is 32.1. The molecule has 0 atom stereocenters. The number of nitrogens with one attached hydrogen (secondary N) is 3. The molecule has 0 saturated heterocycles. The van der Waals surface area contributed by atoms with Crippen LogP contribution in [0.25, 0.3) is 10.6 Å². The third-order valence-electron chi connectivity index (χ3n) is 2.90. The fourth-order valence-electron chi connectivity index (χ4n) is 1.77. The number of halogens is 1. The van der Waals surface area contributed by atoms with E-state index in [4.69, 9.17) is 12.2 Å². The third-order valence-corrected chi connectivity index (χ3v) is 4.68. The van der Waals surface area contributed by atoms with Crippen LogP contribution in [0.4, 0.5) is 10.1 Å². The summed E-state index contributed by atoms with van der Waals surface area (Å²) in [6, 6.07) is 7.65. The molecule has 0 aliphatic rings. The summed E-state index contributed by atoms with van der Waals surface area (Å²) in [5.74, 6) is -0.728. The molecule has 3 aromatic rings. The summed E-state index contributed by atoms with van der Waals surface area (Å²) in [6.07, 6.45) is 0. The highest BCUT2D eigenvalue weighted by Gasteiger charge is 2.12. The number of carbonyl (C=O) groups is 1. The van der Waals surface area contributed by atoms with Crippen LogP contribution in [0.1, 0.15) is 10.5 Å². The summed E-state index contributed by atoms with van der Waals surface area (Å²) in [5, 5.41) is 9.40. The lowest BCUT2D eigenvalue weighted by molar-refractivity contribution is 0.0940. The monoisotopic (exact) mass is 378 g/mol. The number of hydrazine groups is 1. The maximum absolute atomic E-state index is 12.8.